The molecule has 0 spiro atoms. The molecule has 0 unspecified atom stereocenters. The van der Waals surface area contributed by atoms with Gasteiger partial charge in [-0.25, -0.2) is 14.2 Å². The molecule has 2 rings (SSSR count). The monoisotopic (exact) mass is 305 g/mol. The van der Waals surface area contributed by atoms with Gasteiger partial charge in [-0.05, 0) is 17.7 Å². The maximum Gasteiger partial charge on any atom is 0.373 e. The highest BCUT2D eigenvalue weighted by atomic mass is 19.1. The van der Waals surface area contributed by atoms with E-state index in [9.17, 15) is 19.1 Å². The lowest BCUT2D eigenvalue weighted by Gasteiger charge is -1.97. The van der Waals surface area contributed by atoms with Gasteiger partial charge in [-0.2, -0.15) is 0 Å². The van der Waals surface area contributed by atoms with Crippen LogP contribution in [0.4, 0.5) is 4.39 Å². The van der Waals surface area contributed by atoms with Crippen molar-refractivity contribution in [1.29, 1.82) is 0 Å². The van der Waals surface area contributed by atoms with Gasteiger partial charge in [0.25, 0.3) is 0 Å². The number of halogens is 1. The first-order valence-electron chi connectivity index (χ1n) is 6.22. The van der Waals surface area contributed by atoms with Crippen LogP contribution in [0.1, 0.15) is 22.0 Å². The number of hydrogen-bond donors (Lipinski definition) is 1. The van der Waals surface area contributed by atoms with Crippen LogP contribution < -0.4 is 0 Å². The second-order valence-corrected chi connectivity index (χ2v) is 4.31. The molecule has 6 nitrogen and oxygen atoms in total. The van der Waals surface area contributed by atoms with Crippen molar-refractivity contribution < 1.29 is 28.2 Å². The fourth-order valence-corrected chi connectivity index (χ4v) is 1.64. The lowest BCUT2D eigenvalue weighted by molar-refractivity contribution is -0.139. The third kappa shape index (κ3) is 3.78. The van der Waals surface area contributed by atoms with Gasteiger partial charge >= 0.3 is 5.97 Å². The molecule has 0 aliphatic rings. The summed E-state index contributed by atoms with van der Waals surface area (Å²) in [5, 5.41) is 9.29. The fourth-order valence-electron chi connectivity index (χ4n) is 1.64. The molecule has 22 heavy (non-hydrogen) atoms. The topological polar surface area (TPSA) is 89.6 Å². The molecule has 114 valence electrons. The second kappa shape index (κ2) is 6.66. The van der Waals surface area contributed by atoms with Crippen LogP contribution in [0, 0.1) is 5.82 Å². The average molecular weight is 305 g/mol. The molecule has 0 saturated carbocycles. The zero-order valence-corrected chi connectivity index (χ0v) is 11.6. The van der Waals surface area contributed by atoms with Gasteiger partial charge in [-0.1, -0.05) is 12.1 Å². The molecule has 2 aromatic rings. The van der Waals surface area contributed by atoms with Gasteiger partial charge in [0.15, 0.2) is 11.7 Å². The number of aliphatic hydroxyl groups is 1. The van der Waals surface area contributed by atoms with Gasteiger partial charge in [0, 0.05) is 12.5 Å². The van der Waals surface area contributed by atoms with Gasteiger partial charge < -0.3 is 14.3 Å². The number of ketones is 1. The van der Waals surface area contributed by atoms with Crippen LogP contribution in [-0.4, -0.2) is 29.0 Å². The zero-order chi connectivity index (χ0) is 16.1. The number of nitrogens with zero attached hydrogens (tertiary/aromatic N) is 1. The van der Waals surface area contributed by atoms with Gasteiger partial charge in [-0.3, -0.25) is 4.79 Å². The molecule has 0 atom stereocenters. The molecular weight excluding hydrogens is 293 g/mol. The third-order valence-electron chi connectivity index (χ3n) is 2.73. The molecule has 1 heterocycles. The van der Waals surface area contributed by atoms with Crippen molar-refractivity contribution in [2.24, 2.45) is 0 Å². The molecule has 7 heteroatoms. The first-order chi connectivity index (χ1) is 10.5. The van der Waals surface area contributed by atoms with Gasteiger partial charge in [0.1, 0.15) is 5.82 Å². The Balaban J connectivity index is 2.09. The minimum Gasteiger partial charge on any atom is -0.502 e. The largest absolute Gasteiger partial charge is 0.502 e. The van der Waals surface area contributed by atoms with E-state index < -0.39 is 17.5 Å². The summed E-state index contributed by atoms with van der Waals surface area (Å²) in [7, 11) is 1.08. The number of carbonyl (C=O) groups excluding carboxylic acids is 2. The number of benzene rings is 1. The van der Waals surface area contributed by atoms with Gasteiger partial charge in [0.05, 0.1) is 13.3 Å². The highest BCUT2D eigenvalue weighted by molar-refractivity contribution is 6.06. The van der Waals surface area contributed by atoms with E-state index >= 15 is 0 Å². The van der Waals surface area contributed by atoms with Crippen LogP contribution in [0.25, 0.3) is 0 Å². The van der Waals surface area contributed by atoms with E-state index in [0.29, 0.717) is 6.08 Å². The Bertz CT molecular complexity index is 718. The smallest absolute Gasteiger partial charge is 0.373 e. The first kappa shape index (κ1) is 15.4. The van der Waals surface area contributed by atoms with E-state index in [1.807, 2.05) is 0 Å². The van der Waals surface area contributed by atoms with Gasteiger partial charge in [0.2, 0.25) is 11.5 Å². The molecule has 1 N–H and O–H groups in total. The lowest BCUT2D eigenvalue weighted by atomic mass is 10.1. The zero-order valence-electron chi connectivity index (χ0n) is 11.6. The Morgan fingerprint density at radius 2 is 2.05 bits per heavy atom. The highest BCUT2D eigenvalue weighted by Gasteiger charge is 2.15. The van der Waals surface area contributed by atoms with E-state index in [1.165, 1.54) is 18.3 Å². The number of oxazole rings is 1. The summed E-state index contributed by atoms with van der Waals surface area (Å²) in [6, 6.07) is 5.76. The summed E-state index contributed by atoms with van der Waals surface area (Å²) in [4.78, 5) is 26.7. The summed E-state index contributed by atoms with van der Waals surface area (Å²) in [5.41, 5.74) is 0.759. The summed E-state index contributed by atoms with van der Waals surface area (Å²) in [5.74, 6) is -2.81. The molecule has 0 aliphatic heterocycles. The standard InChI is InChI=1S/C15H12FNO5/c1-21-15(20)12(19)7-11(18)13-8-17-14(22-13)6-9-2-4-10(16)5-3-9/h2-5,7-8,19H,6H2,1H3. The predicted octanol–water partition coefficient (Wildman–Crippen LogP) is 2.20. The Hall–Kier alpha value is -2.96. The number of allylic oxidation sites excluding steroid dienone is 1. The lowest BCUT2D eigenvalue weighted by Crippen LogP contribution is -2.06. The number of hydrogen-bond acceptors (Lipinski definition) is 6. The van der Waals surface area contributed by atoms with Crippen molar-refractivity contribution in [2.45, 2.75) is 6.42 Å². The minimum absolute atomic E-state index is 0.132. The Kier molecular flexibility index (Phi) is 4.67. The molecule has 0 aliphatic carbocycles. The molecule has 1 aromatic carbocycles. The molecule has 0 saturated heterocycles. The second-order valence-electron chi connectivity index (χ2n) is 4.31. The maximum atomic E-state index is 12.8. The summed E-state index contributed by atoms with van der Waals surface area (Å²) in [6.45, 7) is 0. The quantitative estimate of drug-likeness (QED) is 0.394. The van der Waals surface area contributed by atoms with E-state index in [1.54, 1.807) is 12.1 Å². The van der Waals surface area contributed by atoms with Crippen molar-refractivity contribution in [3.05, 3.63) is 65.3 Å². The first-order valence-corrected chi connectivity index (χ1v) is 6.22. The average Bonchev–Trinajstić information content (AvgIpc) is 2.97. The highest BCUT2D eigenvalue weighted by Crippen LogP contribution is 2.12. The van der Waals surface area contributed by atoms with E-state index in [4.69, 9.17) is 4.42 Å². The number of methoxy groups -OCH3 is 1. The number of rotatable bonds is 5. The van der Waals surface area contributed by atoms with Gasteiger partial charge in [-0.15, -0.1) is 0 Å². The summed E-state index contributed by atoms with van der Waals surface area (Å²) < 4.78 is 22.3. The predicted molar refractivity (Wildman–Crippen MR) is 72.8 cm³/mol. The van der Waals surface area contributed by atoms with Crippen LogP contribution >= 0.6 is 0 Å². The van der Waals surface area contributed by atoms with E-state index in [0.717, 1.165) is 12.7 Å². The number of ether oxygens (including phenoxy) is 1. The molecule has 1 aromatic heterocycles. The molecule has 0 radical (unpaired) electrons. The van der Waals surface area contributed by atoms with Crippen LogP contribution in [0.3, 0.4) is 0 Å². The molecule has 0 amide bonds. The van der Waals surface area contributed by atoms with Crippen LogP contribution in [0.2, 0.25) is 0 Å². The summed E-state index contributed by atoms with van der Waals surface area (Å²) in [6.07, 6.45) is 2.15. The normalized spacial score (nSPS) is 11.3. The molecule has 0 bridgehead atoms. The van der Waals surface area contributed by atoms with Crippen LogP contribution in [0.15, 0.2) is 46.7 Å². The Morgan fingerprint density at radius 3 is 2.68 bits per heavy atom. The number of aliphatic hydroxyl groups excluding tert-OH is 1. The third-order valence-corrected chi connectivity index (χ3v) is 2.73. The molecule has 0 fully saturated rings. The summed E-state index contributed by atoms with van der Waals surface area (Å²) >= 11 is 0. The minimum atomic E-state index is -1.03. The number of esters is 1. The van der Waals surface area contributed by atoms with Crippen molar-refractivity contribution in [1.82, 2.24) is 4.98 Å². The fraction of sp³-hybridized carbons (Fsp3) is 0.133. The number of carbonyl (C=O) groups is 2. The van der Waals surface area contributed by atoms with Crippen molar-refractivity contribution in [2.75, 3.05) is 7.11 Å². The van der Waals surface area contributed by atoms with Crippen LogP contribution in [0.5, 0.6) is 0 Å². The van der Waals surface area contributed by atoms with Crippen molar-refractivity contribution >= 4 is 11.8 Å². The number of aromatic nitrogens is 1. The Labute approximate surface area is 124 Å². The van der Waals surface area contributed by atoms with E-state index in [-0.39, 0.29) is 23.9 Å². The molecular formula is C15H12FNO5. The van der Waals surface area contributed by atoms with Crippen molar-refractivity contribution in [3.8, 4) is 0 Å². The van der Waals surface area contributed by atoms with Crippen LogP contribution in [-0.2, 0) is 16.0 Å². The Morgan fingerprint density at radius 1 is 1.36 bits per heavy atom. The van der Waals surface area contributed by atoms with E-state index in [2.05, 4.69) is 9.72 Å². The maximum absolute atomic E-state index is 12.8. The SMILES string of the molecule is COC(=O)C(O)=CC(=O)c1cnc(Cc2ccc(F)cc2)o1. The van der Waals surface area contributed by atoms with Crippen molar-refractivity contribution in [3.63, 3.8) is 0 Å².